The third-order valence-electron chi connectivity index (χ3n) is 4.30. The molecule has 1 atom stereocenters. The van der Waals surface area contributed by atoms with Crippen LogP contribution in [0.25, 0.3) is 0 Å². The van der Waals surface area contributed by atoms with E-state index >= 15 is 0 Å². The van der Waals surface area contributed by atoms with Gasteiger partial charge in [0.25, 0.3) is 11.8 Å². The van der Waals surface area contributed by atoms with Crippen LogP contribution in [0.5, 0.6) is 11.5 Å². The second kappa shape index (κ2) is 10.0. The summed E-state index contributed by atoms with van der Waals surface area (Å²) in [6.45, 7) is 4.01. The lowest BCUT2D eigenvalue weighted by molar-refractivity contribution is -0.119. The highest BCUT2D eigenvalue weighted by Crippen LogP contribution is 2.29. The van der Waals surface area contributed by atoms with E-state index in [-0.39, 0.29) is 18.6 Å². The van der Waals surface area contributed by atoms with Gasteiger partial charge in [-0.2, -0.15) is 0 Å². The van der Waals surface area contributed by atoms with Crippen molar-refractivity contribution in [3.05, 3.63) is 23.8 Å². The molecule has 1 aromatic carbocycles. The summed E-state index contributed by atoms with van der Waals surface area (Å²) in [6.07, 6.45) is 3.99. The van der Waals surface area contributed by atoms with Crippen LogP contribution in [0.1, 0.15) is 43.0 Å². The zero-order valence-electron chi connectivity index (χ0n) is 15.5. The molecule has 1 aliphatic heterocycles. The highest BCUT2D eigenvalue weighted by atomic mass is 16.5. The van der Waals surface area contributed by atoms with Crippen LogP contribution in [-0.4, -0.2) is 56.2 Å². The first-order valence-electron chi connectivity index (χ1n) is 9.05. The Morgan fingerprint density at radius 2 is 2.04 bits per heavy atom. The monoisotopic (exact) mass is 364 g/mol. The first-order chi connectivity index (χ1) is 12.5. The van der Waals surface area contributed by atoms with Crippen molar-refractivity contribution in [3.63, 3.8) is 0 Å². The molecule has 2 rings (SSSR count). The van der Waals surface area contributed by atoms with Crippen LogP contribution in [0.15, 0.2) is 18.2 Å². The average molecular weight is 364 g/mol. The van der Waals surface area contributed by atoms with Crippen molar-refractivity contribution < 1.29 is 23.8 Å². The van der Waals surface area contributed by atoms with Crippen LogP contribution < -0.4 is 15.2 Å². The number of likely N-dealkylation sites (tertiary alicyclic amines) is 1. The number of hydrogen-bond donors (Lipinski definition) is 1. The number of nitrogens with two attached hydrogens (primary N) is 1. The number of nitrogens with zero attached hydrogens (tertiary/aromatic N) is 1. The molecule has 0 saturated carbocycles. The van der Waals surface area contributed by atoms with Gasteiger partial charge in [0.05, 0.1) is 13.2 Å². The molecule has 1 heterocycles. The lowest BCUT2D eigenvalue weighted by atomic mass is 10.1. The van der Waals surface area contributed by atoms with Crippen molar-refractivity contribution in [2.75, 3.05) is 33.4 Å². The minimum atomic E-state index is -0.573. The largest absolute Gasteiger partial charge is 0.493 e. The first kappa shape index (κ1) is 20.0. The maximum absolute atomic E-state index is 12.8. The van der Waals surface area contributed by atoms with E-state index in [1.54, 1.807) is 18.2 Å². The molecule has 0 aliphatic carbocycles. The summed E-state index contributed by atoms with van der Waals surface area (Å²) in [6, 6.07) is 4.94. The predicted octanol–water partition coefficient (Wildman–Crippen LogP) is 1.98. The second-order valence-corrected chi connectivity index (χ2v) is 6.34. The van der Waals surface area contributed by atoms with Crippen molar-refractivity contribution >= 4 is 11.8 Å². The van der Waals surface area contributed by atoms with Crippen molar-refractivity contribution in [1.29, 1.82) is 0 Å². The quantitative estimate of drug-likeness (QED) is 0.762. The standard InChI is InChI=1S/C19H28N2O5/c1-3-11-25-15-5-4-9-21(10-8-15)19(23)14-6-7-16(17(12-14)24-2)26-13-18(20)22/h6-7,12,15H,3-5,8-11,13H2,1-2H3,(H2,20,22). The summed E-state index contributed by atoms with van der Waals surface area (Å²) in [5.41, 5.74) is 5.62. The zero-order chi connectivity index (χ0) is 18.9. The van der Waals surface area contributed by atoms with Gasteiger partial charge in [-0.1, -0.05) is 6.92 Å². The Kier molecular flexibility index (Phi) is 7.72. The van der Waals surface area contributed by atoms with Crippen LogP contribution >= 0.6 is 0 Å². The molecule has 7 nitrogen and oxygen atoms in total. The summed E-state index contributed by atoms with van der Waals surface area (Å²) in [4.78, 5) is 25.6. The van der Waals surface area contributed by atoms with E-state index in [1.165, 1.54) is 7.11 Å². The molecule has 1 unspecified atom stereocenters. The highest BCUT2D eigenvalue weighted by Gasteiger charge is 2.23. The van der Waals surface area contributed by atoms with E-state index in [1.807, 2.05) is 4.90 Å². The molecule has 1 aromatic rings. The normalized spacial score (nSPS) is 17.5. The SMILES string of the molecule is CCCOC1CCCN(C(=O)c2ccc(OCC(N)=O)c(OC)c2)CC1. The minimum absolute atomic E-state index is 0.0408. The molecule has 2 amide bonds. The number of benzene rings is 1. The van der Waals surface area contributed by atoms with E-state index in [0.717, 1.165) is 32.3 Å². The van der Waals surface area contributed by atoms with Crippen LogP contribution in [0.3, 0.4) is 0 Å². The summed E-state index contributed by atoms with van der Waals surface area (Å²) in [5.74, 6) is 0.167. The summed E-state index contributed by atoms with van der Waals surface area (Å²) >= 11 is 0. The molecule has 7 heteroatoms. The molecule has 144 valence electrons. The molecule has 1 aliphatic rings. The smallest absolute Gasteiger partial charge is 0.255 e. The van der Waals surface area contributed by atoms with Gasteiger partial charge in [-0.05, 0) is 43.9 Å². The zero-order valence-corrected chi connectivity index (χ0v) is 15.5. The summed E-state index contributed by atoms with van der Waals surface area (Å²) in [7, 11) is 1.49. The summed E-state index contributed by atoms with van der Waals surface area (Å²) in [5, 5.41) is 0. The minimum Gasteiger partial charge on any atom is -0.493 e. The maximum Gasteiger partial charge on any atom is 0.255 e. The van der Waals surface area contributed by atoms with Gasteiger partial charge < -0.3 is 24.8 Å². The maximum atomic E-state index is 12.8. The Hall–Kier alpha value is -2.28. The summed E-state index contributed by atoms with van der Waals surface area (Å²) < 4.78 is 16.4. The predicted molar refractivity (Wildman–Crippen MR) is 97.5 cm³/mol. The van der Waals surface area contributed by atoms with Crippen LogP contribution in [0.2, 0.25) is 0 Å². The lowest BCUT2D eigenvalue weighted by Gasteiger charge is -2.21. The molecule has 1 fully saturated rings. The Morgan fingerprint density at radius 3 is 2.73 bits per heavy atom. The van der Waals surface area contributed by atoms with Crippen LogP contribution in [-0.2, 0) is 9.53 Å². The lowest BCUT2D eigenvalue weighted by Crippen LogP contribution is -2.32. The molecule has 1 saturated heterocycles. The first-order valence-corrected chi connectivity index (χ1v) is 9.05. The van der Waals surface area contributed by atoms with Gasteiger partial charge in [-0.25, -0.2) is 0 Å². The fourth-order valence-electron chi connectivity index (χ4n) is 2.97. The Balaban J connectivity index is 2.03. The second-order valence-electron chi connectivity index (χ2n) is 6.34. The van der Waals surface area contributed by atoms with E-state index in [0.29, 0.717) is 30.2 Å². The topological polar surface area (TPSA) is 91.1 Å². The number of carbonyl (C=O) groups excluding carboxylic acids is 2. The van der Waals surface area contributed by atoms with E-state index in [2.05, 4.69) is 6.92 Å². The number of ether oxygens (including phenoxy) is 3. The Morgan fingerprint density at radius 1 is 1.23 bits per heavy atom. The van der Waals surface area contributed by atoms with Gasteiger partial charge in [0.1, 0.15) is 0 Å². The Labute approximate surface area is 154 Å². The van der Waals surface area contributed by atoms with Crippen molar-refractivity contribution in [2.45, 2.75) is 38.7 Å². The number of amides is 2. The number of methoxy groups -OCH3 is 1. The van der Waals surface area contributed by atoms with E-state index in [4.69, 9.17) is 19.9 Å². The average Bonchev–Trinajstić information content (AvgIpc) is 2.89. The van der Waals surface area contributed by atoms with Crippen LogP contribution in [0.4, 0.5) is 0 Å². The van der Waals surface area contributed by atoms with Gasteiger partial charge in [0.15, 0.2) is 18.1 Å². The molecule has 0 bridgehead atoms. The molecule has 2 N–H and O–H groups in total. The van der Waals surface area contributed by atoms with Gasteiger partial charge in [0, 0.05) is 25.3 Å². The highest BCUT2D eigenvalue weighted by molar-refractivity contribution is 5.95. The van der Waals surface area contributed by atoms with Gasteiger partial charge in [0.2, 0.25) is 0 Å². The van der Waals surface area contributed by atoms with Crippen molar-refractivity contribution in [1.82, 2.24) is 4.90 Å². The fraction of sp³-hybridized carbons (Fsp3) is 0.579. The van der Waals surface area contributed by atoms with Crippen LogP contribution in [0, 0.1) is 0 Å². The molecule has 0 spiro atoms. The molecule has 0 radical (unpaired) electrons. The van der Waals surface area contributed by atoms with Crippen molar-refractivity contribution in [3.8, 4) is 11.5 Å². The number of hydrogen-bond acceptors (Lipinski definition) is 5. The molecule has 26 heavy (non-hydrogen) atoms. The van der Waals surface area contributed by atoms with Gasteiger partial charge in [-0.15, -0.1) is 0 Å². The fourth-order valence-corrected chi connectivity index (χ4v) is 2.97. The van der Waals surface area contributed by atoms with Gasteiger partial charge >= 0.3 is 0 Å². The number of rotatable bonds is 8. The van der Waals surface area contributed by atoms with E-state index < -0.39 is 5.91 Å². The van der Waals surface area contributed by atoms with Gasteiger partial charge in [-0.3, -0.25) is 9.59 Å². The molecular weight excluding hydrogens is 336 g/mol. The number of carbonyl (C=O) groups is 2. The molecular formula is C19H28N2O5. The third-order valence-corrected chi connectivity index (χ3v) is 4.30. The Bertz CT molecular complexity index is 620. The third kappa shape index (κ3) is 5.62. The number of primary amides is 1. The van der Waals surface area contributed by atoms with E-state index in [9.17, 15) is 9.59 Å². The van der Waals surface area contributed by atoms with Crippen molar-refractivity contribution in [2.24, 2.45) is 5.73 Å². The molecule has 0 aromatic heterocycles.